The lowest BCUT2D eigenvalue weighted by atomic mass is 10.2. The van der Waals surface area contributed by atoms with Crippen LogP contribution in [0.5, 0.6) is 0 Å². The summed E-state index contributed by atoms with van der Waals surface area (Å²) in [6.45, 7) is 0. The van der Waals surface area contributed by atoms with Gasteiger partial charge in [0.05, 0.1) is 5.69 Å². The predicted molar refractivity (Wildman–Crippen MR) is 97.3 cm³/mol. The summed E-state index contributed by atoms with van der Waals surface area (Å²) in [6, 6.07) is 10.9. The van der Waals surface area contributed by atoms with Crippen LogP contribution in [0.1, 0.15) is 6.42 Å². The van der Waals surface area contributed by atoms with Gasteiger partial charge in [-0.2, -0.15) is 0 Å². The van der Waals surface area contributed by atoms with Gasteiger partial charge in [0.15, 0.2) is 5.17 Å². The number of thioether (sulfide) groups is 1. The molecule has 0 aromatic heterocycles. The van der Waals surface area contributed by atoms with Crippen molar-refractivity contribution in [3.8, 4) is 0 Å². The summed E-state index contributed by atoms with van der Waals surface area (Å²) < 4.78 is 26.0. The standard InChI is InChI=1S/C18H15F2N3O2S/c1-23-16(24)10-15(17(25)21-13-6-2-11(19)3-7-13)26-18(23)22-14-8-4-12(20)5-9-14/h2-9,15H,10H2,1H3,(H,21,25)/t15-/m1/s1. The second-order valence-corrected chi connectivity index (χ2v) is 6.80. The zero-order valence-electron chi connectivity index (χ0n) is 13.8. The molecule has 1 aliphatic heterocycles. The summed E-state index contributed by atoms with van der Waals surface area (Å²) in [5.74, 6) is -1.40. The molecule has 0 radical (unpaired) electrons. The van der Waals surface area contributed by atoms with Crippen LogP contribution in [-0.2, 0) is 9.59 Å². The molecule has 2 aromatic rings. The van der Waals surface area contributed by atoms with Gasteiger partial charge in [-0.1, -0.05) is 11.8 Å². The Bertz CT molecular complexity index is 854. The molecule has 1 aliphatic rings. The smallest absolute Gasteiger partial charge is 0.238 e. The van der Waals surface area contributed by atoms with Crippen molar-refractivity contribution in [3.05, 3.63) is 60.2 Å². The molecule has 134 valence electrons. The molecule has 0 aliphatic carbocycles. The lowest BCUT2D eigenvalue weighted by Crippen LogP contribution is -2.43. The van der Waals surface area contributed by atoms with E-state index in [-0.39, 0.29) is 24.1 Å². The van der Waals surface area contributed by atoms with Gasteiger partial charge < -0.3 is 5.32 Å². The van der Waals surface area contributed by atoms with Crippen molar-refractivity contribution in [1.29, 1.82) is 0 Å². The van der Waals surface area contributed by atoms with Crippen LogP contribution in [0, 0.1) is 11.6 Å². The molecule has 1 fully saturated rings. The van der Waals surface area contributed by atoms with Gasteiger partial charge in [0.2, 0.25) is 11.8 Å². The van der Waals surface area contributed by atoms with Crippen LogP contribution in [0.25, 0.3) is 0 Å². The zero-order valence-corrected chi connectivity index (χ0v) is 14.6. The minimum atomic E-state index is -0.664. The summed E-state index contributed by atoms with van der Waals surface area (Å²) in [5.41, 5.74) is 0.925. The number of hydrogen-bond acceptors (Lipinski definition) is 4. The van der Waals surface area contributed by atoms with E-state index >= 15 is 0 Å². The molecule has 5 nitrogen and oxygen atoms in total. The van der Waals surface area contributed by atoms with Crippen LogP contribution >= 0.6 is 11.8 Å². The number of rotatable bonds is 3. The van der Waals surface area contributed by atoms with Crippen LogP contribution in [0.4, 0.5) is 20.2 Å². The molecular formula is C18H15F2N3O2S. The number of halogens is 2. The molecule has 0 bridgehead atoms. The minimum absolute atomic E-state index is 0.0244. The lowest BCUT2D eigenvalue weighted by Gasteiger charge is -2.28. The van der Waals surface area contributed by atoms with Crippen molar-refractivity contribution in [3.63, 3.8) is 0 Å². The van der Waals surface area contributed by atoms with E-state index in [2.05, 4.69) is 10.3 Å². The Kier molecular flexibility index (Phi) is 5.32. The second kappa shape index (κ2) is 7.65. The molecule has 0 spiro atoms. The van der Waals surface area contributed by atoms with Crippen LogP contribution in [-0.4, -0.2) is 34.2 Å². The number of carbonyl (C=O) groups is 2. The Balaban J connectivity index is 1.76. The van der Waals surface area contributed by atoms with E-state index in [4.69, 9.17) is 0 Å². The van der Waals surface area contributed by atoms with E-state index in [9.17, 15) is 18.4 Å². The van der Waals surface area contributed by atoms with Crippen LogP contribution in [0.3, 0.4) is 0 Å². The van der Waals surface area contributed by atoms with Crippen molar-refractivity contribution in [2.75, 3.05) is 12.4 Å². The first-order valence-electron chi connectivity index (χ1n) is 7.76. The molecular weight excluding hydrogens is 360 g/mol. The highest BCUT2D eigenvalue weighted by molar-refractivity contribution is 8.15. The van der Waals surface area contributed by atoms with Gasteiger partial charge in [0, 0.05) is 19.2 Å². The summed E-state index contributed by atoms with van der Waals surface area (Å²) >= 11 is 1.15. The highest BCUT2D eigenvalue weighted by Gasteiger charge is 2.34. The SMILES string of the molecule is CN1C(=O)C[C@H](C(=O)Nc2ccc(F)cc2)SC1=Nc1ccc(F)cc1. The van der Waals surface area contributed by atoms with Crippen molar-refractivity contribution in [1.82, 2.24) is 4.90 Å². The zero-order chi connectivity index (χ0) is 18.7. The average molecular weight is 375 g/mol. The Morgan fingerprint density at radius 3 is 2.31 bits per heavy atom. The van der Waals surface area contributed by atoms with Gasteiger partial charge in [-0.25, -0.2) is 13.8 Å². The van der Waals surface area contributed by atoms with E-state index in [1.165, 1.54) is 53.4 Å². The van der Waals surface area contributed by atoms with E-state index in [1.807, 2.05) is 0 Å². The maximum atomic E-state index is 13.0. The number of aliphatic imine (C=N–C) groups is 1. The molecule has 1 heterocycles. The summed E-state index contributed by atoms with van der Waals surface area (Å²) in [5, 5.41) is 2.35. The third kappa shape index (κ3) is 4.26. The largest absolute Gasteiger partial charge is 0.325 e. The third-order valence-corrected chi connectivity index (χ3v) is 4.97. The van der Waals surface area contributed by atoms with E-state index in [0.717, 1.165) is 11.8 Å². The maximum absolute atomic E-state index is 13.0. The monoisotopic (exact) mass is 375 g/mol. The molecule has 26 heavy (non-hydrogen) atoms. The number of hydrogen-bond donors (Lipinski definition) is 1. The summed E-state index contributed by atoms with van der Waals surface area (Å²) in [6.07, 6.45) is 0.0244. The number of amides is 2. The van der Waals surface area contributed by atoms with E-state index < -0.39 is 11.1 Å². The number of benzene rings is 2. The van der Waals surface area contributed by atoms with Gasteiger partial charge in [0.1, 0.15) is 16.9 Å². The molecule has 0 unspecified atom stereocenters. The Morgan fingerprint density at radius 1 is 1.12 bits per heavy atom. The van der Waals surface area contributed by atoms with Gasteiger partial charge >= 0.3 is 0 Å². The third-order valence-electron chi connectivity index (χ3n) is 3.72. The Labute approximate surface area is 153 Å². The number of amidine groups is 1. The first kappa shape index (κ1) is 18.1. The minimum Gasteiger partial charge on any atom is -0.325 e. The van der Waals surface area contributed by atoms with Crippen molar-refractivity contribution >= 4 is 40.1 Å². The normalized spacial score (nSPS) is 18.9. The fourth-order valence-corrected chi connectivity index (χ4v) is 3.34. The van der Waals surface area contributed by atoms with Crippen molar-refractivity contribution < 1.29 is 18.4 Å². The van der Waals surface area contributed by atoms with Gasteiger partial charge in [-0.15, -0.1) is 0 Å². The molecule has 2 aromatic carbocycles. The number of nitrogens with one attached hydrogen (secondary N) is 1. The first-order chi connectivity index (χ1) is 12.4. The molecule has 8 heteroatoms. The number of carbonyl (C=O) groups excluding carboxylic acids is 2. The first-order valence-corrected chi connectivity index (χ1v) is 8.64. The molecule has 2 amide bonds. The molecule has 1 N–H and O–H groups in total. The van der Waals surface area contributed by atoms with Crippen molar-refractivity contribution in [2.45, 2.75) is 11.7 Å². The molecule has 1 atom stereocenters. The Hall–Kier alpha value is -2.74. The fraction of sp³-hybridized carbons (Fsp3) is 0.167. The number of nitrogens with zero attached hydrogens (tertiary/aromatic N) is 2. The van der Waals surface area contributed by atoms with E-state index in [1.54, 1.807) is 7.05 Å². The average Bonchev–Trinajstić information content (AvgIpc) is 2.62. The van der Waals surface area contributed by atoms with Crippen LogP contribution in [0.2, 0.25) is 0 Å². The fourth-order valence-electron chi connectivity index (χ4n) is 2.28. The van der Waals surface area contributed by atoms with Gasteiger partial charge in [-0.05, 0) is 48.5 Å². The van der Waals surface area contributed by atoms with Gasteiger partial charge in [0.25, 0.3) is 0 Å². The highest BCUT2D eigenvalue weighted by atomic mass is 32.2. The quantitative estimate of drug-likeness (QED) is 0.892. The Morgan fingerprint density at radius 2 is 1.69 bits per heavy atom. The summed E-state index contributed by atoms with van der Waals surface area (Å²) in [4.78, 5) is 30.4. The molecule has 0 saturated carbocycles. The summed E-state index contributed by atoms with van der Waals surface area (Å²) in [7, 11) is 1.58. The predicted octanol–water partition coefficient (Wildman–Crippen LogP) is 3.55. The topological polar surface area (TPSA) is 61.8 Å². The number of anilines is 1. The molecule has 3 rings (SSSR count). The maximum Gasteiger partial charge on any atom is 0.238 e. The van der Waals surface area contributed by atoms with Crippen LogP contribution in [0.15, 0.2) is 53.5 Å². The lowest BCUT2D eigenvalue weighted by molar-refractivity contribution is -0.128. The van der Waals surface area contributed by atoms with Gasteiger partial charge in [-0.3, -0.25) is 14.5 Å². The highest BCUT2D eigenvalue weighted by Crippen LogP contribution is 2.29. The second-order valence-electron chi connectivity index (χ2n) is 5.63. The van der Waals surface area contributed by atoms with E-state index in [0.29, 0.717) is 16.5 Å². The van der Waals surface area contributed by atoms with Crippen LogP contribution < -0.4 is 5.32 Å². The van der Waals surface area contributed by atoms with Crippen molar-refractivity contribution in [2.24, 2.45) is 4.99 Å². The molecule has 1 saturated heterocycles.